The fourth-order valence-electron chi connectivity index (χ4n) is 2.13. The summed E-state index contributed by atoms with van der Waals surface area (Å²) in [6, 6.07) is 0. The minimum absolute atomic E-state index is 0.263. The van der Waals surface area contributed by atoms with Crippen LogP contribution in [0.3, 0.4) is 0 Å². The third-order valence-corrected chi connectivity index (χ3v) is 3.15. The first-order chi connectivity index (χ1) is 6.60. The van der Waals surface area contributed by atoms with Crippen LogP contribution in [0.4, 0.5) is 5.95 Å². The van der Waals surface area contributed by atoms with Crippen molar-refractivity contribution in [3.05, 3.63) is 6.33 Å². The van der Waals surface area contributed by atoms with Crippen LogP contribution in [-0.2, 0) is 6.54 Å². The molecule has 0 amide bonds. The van der Waals surface area contributed by atoms with Crippen LogP contribution < -0.4 is 5.73 Å². The Morgan fingerprint density at radius 3 is 3.07 bits per heavy atom. The Morgan fingerprint density at radius 1 is 1.79 bits per heavy atom. The molecule has 0 aliphatic heterocycles. The van der Waals surface area contributed by atoms with E-state index in [4.69, 9.17) is 5.73 Å². The molecule has 78 valence electrons. The summed E-state index contributed by atoms with van der Waals surface area (Å²) < 4.78 is 1.62. The second-order valence-electron chi connectivity index (χ2n) is 4.20. The van der Waals surface area contributed by atoms with Crippen molar-refractivity contribution < 1.29 is 5.11 Å². The molecule has 1 fully saturated rings. The molecule has 0 bridgehead atoms. The zero-order valence-electron chi connectivity index (χ0n) is 8.35. The van der Waals surface area contributed by atoms with Gasteiger partial charge in [0, 0.05) is 0 Å². The fraction of sp³-hybridized carbons (Fsp3) is 0.778. The number of aliphatic hydroxyl groups is 1. The van der Waals surface area contributed by atoms with Crippen LogP contribution >= 0.6 is 0 Å². The zero-order chi connectivity index (χ0) is 10.2. The van der Waals surface area contributed by atoms with Gasteiger partial charge in [-0.1, -0.05) is 13.3 Å². The van der Waals surface area contributed by atoms with Crippen LogP contribution in [-0.4, -0.2) is 25.5 Å². The third kappa shape index (κ3) is 1.59. The van der Waals surface area contributed by atoms with Gasteiger partial charge in [0.1, 0.15) is 6.33 Å². The van der Waals surface area contributed by atoms with Gasteiger partial charge >= 0.3 is 0 Å². The van der Waals surface area contributed by atoms with E-state index in [9.17, 15) is 5.11 Å². The summed E-state index contributed by atoms with van der Waals surface area (Å²) in [5, 5.41) is 14.3. The lowest BCUT2D eigenvalue weighted by molar-refractivity contribution is -0.0100. The first-order valence-electron chi connectivity index (χ1n) is 4.97. The Labute approximate surface area is 82.9 Å². The van der Waals surface area contributed by atoms with E-state index in [2.05, 4.69) is 17.0 Å². The number of aromatic nitrogens is 3. The maximum Gasteiger partial charge on any atom is 0.239 e. The molecule has 0 aromatic carbocycles. The fourth-order valence-corrected chi connectivity index (χ4v) is 2.13. The molecule has 1 aromatic heterocycles. The molecule has 2 rings (SSSR count). The molecule has 0 spiro atoms. The molecule has 1 aliphatic carbocycles. The van der Waals surface area contributed by atoms with Crippen molar-refractivity contribution in [2.45, 2.75) is 38.3 Å². The van der Waals surface area contributed by atoms with Crippen molar-refractivity contribution in [1.82, 2.24) is 14.8 Å². The Kier molecular flexibility index (Phi) is 2.19. The molecule has 1 saturated carbocycles. The number of anilines is 1. The van der Waals surface area contributed by atoms with Gasteiger partial charge in [0.25, 0.3) is 0 Å². The summed E-state index contributed by atoms with van der Waals surface area (Å²) in [5.41, 5.74) is 4.78. The molecular formula is C9H16N4O. The monoisotopic (exact) mass is 196 g/mol. The van der Waals surface area contributed by atoms with Crippen LogP contribution in [0.5, 0.6) is 0 Å². The summed E-state index contributed by atoms with van der Waals surface area (Å²) in [7, 11) is 0. The Bertz CT molecular complexity index is 324. The number of hydrogen-bond acceptors (Lipinski definition) is 4. The third-order valence-electron chi connectivity index (χ3n) is 3.15. The van der Waals surface area contributed by atoms with Gasteiger partial charge in [0.05, 0.1) is 12.1 Å². The van der Waals surface area contributed by atoms with Crippen molar-refractivity contribution in [3.63, 3.8) is 0 Å². The summed E-state index contributed by atoms with van der Waals surface area (Å²) in [6.45, 7) is 2.58. The predicted octanol–water partition coefficient (Wildman–Crippen LogP) is 0.411. The largest absolute Gasteiger partial charge is 0.388 e. The Hall–Kier alpha value is -1.10. The van der Waals surface area contributed by atoms with Gasteiger partial charge < -0.3 is 10.8 Å². The van der Waals surface area contributed by atoms with E-state index in [1.165, 1.54) is 0 Å². The summed E-state index contributed by atoms with van der Waals surface area (Å²) in [6.07, 6.45) is 4.58. The average Bonchev–Trinajstić information content (AvgIpc) is 2.62. The van der Waals surface area contributed by atoms with E-state index in [1.54, 1.807) is 11.0 Å². The zero-order valence-corrected chi connectivity index (χ0v) is 8.35. The minimum Gasteiger partial charge on any atom is -0.388 e. The lowest BCUT2D eigenvalue weighted by Crippen LogP contribution is -2.36. The lowest BCUT2D eigenvalue weighted by Gasteiger charge is -2.27. The van der Waals surface area contributed by atoms with E-state index in [1.807, 2.05) is 0 Å². The maximum absolute atomic E-state index is 10.3. The molecule has 5 nitrogen and oxygen atoms in total. The summed E-state index contributed by atoms with van der Waals surface area (Å²) in [4.78, 5) is 3.83. The van der Waals surface area contributed by atoms with Crippen molar-refractivity contribution in [2.24, 2.45) is 5.92 Å². The number of hydrogen-bond donors (Lipinski definition) is 2. The van der Waals surface area contributed by atoms with Crippen molar-refractivity contribution in [1.29, 1.82) is 0 Å². The first kappa shape index (κ1) is 9.45. The first-order valence-corrected chi connectivity index (χ1v) is 4.97. The van der Waals surface area contributed by atoms with Crippen molar-refractivity contribution in [3.8, 4) is 0 Å². The van der Waals surface area contributed by atoms with E-state index < -0.39 is 5.60 Å². The minimum atomic E-state index is -0.625. The van der Waals surface area contributed by atoms with Crippen LogP contribution in [0.25, 0.3) is 0 Å². The predicted molar refractivity (Wildman–Crippen MR) is 52.4 cm³/mol. The van der Waals surface area contributed by atoms with Crippen molar-refractivity contribution in [2.75, 3.05) is 5.73 Å². The van der Waals surface area contributed by atoms with E-state index in [0.717, 1.165) is 19.3 Å². The van der Waals surface area contributed by atoms with E-state index >= 15 is 0 Å². The average molecular weight is 196 g/mol. The normalized spacial score (nSPS) is 32.3. The van der Waals surface area contributed by atoms with E-state index in [-0.39, 0.29) is 5.95 Å². The molecule has 1 aromatic rings. The van der Waals surface area contributed by atoms with E-state index in [0.29, 0.717) is 12.5 Å². The molecule has 0 saturated heterocycles. The van der Waals surface area contributed by atoms with Crippen molar-refractivity contribution >= 4 is 5.95 Å². The highest BCUT2D eigenvalue weighted by Gasteiger charge is 2.38. The second kappa shape index (κ2) is 3.24. The molecular weight excluding hydrogens is 180 g/mol. The molecule has 1 heterocycles. The number of nitrogens with zero attached hydrogens (tertiary/aromatic N) is 3. The van der Waals surface area contributed by atoms with Gasteiger partial charge in [0.2, 0.25) is 5.95 Å². The van der Waals surface area contributed by atoms with Gasteiger partial charge in [-0.15, -0.1) is 5.10 Å². The standard InChI is InChI=1S/C9H16N4O/c1-7-3-2-4-9(7,14)5-13-6-11-8(10)12-13/h6-7,14H,2-5H2,1H3,(H2,10,12). The topological polar surface area (TPSA) is 77.0 Å². The molecule has 14 heavy (non-hydrogen) atoms. The SMILES string of the molecule is CC1CCCC1(O)Cn1cnc(N)n1. The van der Waals surface area contributed by atoms with Crippen LogP contribution in [0.1, 0.15) is 26.2 Å². The number of rotatable bonds is 2. The lowest BCUT2D eigenvalue weighted by atomic mass is 9.93. The summed E-state index contributed by atoms with van der Waals surface area (Å²) >= 11 is 0. The van der Waals surface area contributed by atoms with Gasteiger partial charge in [0.15, 0.2) is 0 Å². The maximum atomic E-state index is 10.3. The number of nitrogen functional groups attached to an aromatic ring is 1. The van der Waals surface area contributed by atoms with Gasteiger partial charge in [-0.25, -0.2) is 9.67 Å². The van der Waals surface area contributed by atoms with Gasteiger partial charge in [-0.3, -0.25) is 0 Å². The quantitative estimate of drug-likeness (QED) is 0.718. The van der Waals surface area contributed by atoms with Crippen LogP contribution in [0.2, 0.25) is 0 Å². The van der Waals surface area contributed by atoms with Gasteiger partial charge in [-0.2, -0.15) is 0 Å². The molecule has 5 heteroatoms. The smallest absolute Gasteiger partial charge is 0.239 e. The highest BCUT2D eigenvalue weighted by Crippen LogP contribution is 2.36. The highest BCUT2D eigenvalue weighted by molar-refractivity contribution is 5.09. The Morgan fingerprint density at radius 2 is 2.57 bits per heavy atom. The second-order valence-corrected chi connectivity index (χ2v) is 4.20. The summed E-state index contributed by atoms with van der Waals surface area (Å²) in [5.74, 6) is 0.590. The molecule has 2 atom stereocenters. The molecule has 1 aliphatic rings. The molecule has 3 N–H and O–H groups in total. The molecule has 0 radical (unpaired) electrons. The highest BCUT2D eigenvalue weighted by atomic mass is 16.3. The van der Waals surface area contributed by atoms with Crippen LogP contribution in [0.15, 0.2) is 6.33 Å². The molecule has 2 unspecified atom stereocenters. The number of nitrogens with two attached hydrogens (primary N) is 1. The van der Waals surface area contributed by atoms with Gasteiger partial charge in [-0.05, 0) is 18.8 Å². The Balaban J connectivity index is 2.10. The van der Waals surface area contributed by atoms with Crippen LogP contribution in [0, 0.1) is 5.92 Å².